The monoisotopic (exact) mass is 208 g/mol. The van der Waals surface area contributed by atoms with Crippen molar-refractivity contribution in [2.24, 2.45) is 5.92 Å². The number of rotatable bonds is 2. The van der Waals surface area contributed by atoms with E-state index in [-0.39, 0.29) is 6.42 Å². The van der Waals surface area contributed by atoms with Gasteiger partial charge in [0.25, 0.3) is 0 Å². The summed E-state index contributed by atoms with van der Waals surface area (Å²) in [6.07, 6.45) is -1.86. The Balaban J connectivity index is 2.62. The van der Waals surface area contributed by atoms with Gasteiger partial charge in [0, 0.05) is 13.0 Å². The van der Waals surface area contributed by atoms with E-state index in [2.05, 4.69) is 4.74 Å². The Morgan fingerprint density at radius 2 is 2.21 bits per heavy atom. The number of methoxy groups -OCH3 is 1. The lowest BCUT2D eigenvalue weighted by atomic mass is 9.96. The number of aliphatic hydroxyl groups excluding tert-OH is 1. The molecule has 0 aromatic rings. The Labute approximate surface area is 79.7 Å². The molecule has 0 saturated heterocycles. The summed E-state index contributed by atoms with van der Waals surface area (Å²) in [5.74, 6) is -0.397. The maximum absolute atomic E-state index is 12.1. The first-order valence-electron chi connectivity index (χ1n) is 4.11. The van der Waals surface area contributed by atoms with Gasteiger partial charge in [-0.1, -0.05) is 18.2 Å². The third-order valence-corrected chi connectivity index (χ3v) is 2.07. The van der Waals surface area contributed by atoms with Crippen molar-refractivity contribution in [1.29, 1.82) is 0 Å². The molecular formula is C9H11F3O2. The van der Waals surface area contributed by atoms with Crippen LogP contribution in [0.2, 0.25) is 0 Å². The molecule has 0 bridgehead atoms. The molecule has 2 unspecified atom stereocenters. The van der Waals surface area contributed by atoms with E-state index in [1.165, 1.54) is 13.2 Å². The zero-order valence-electron chi connectivity index (χ0n) is 7.58. The predicted molar refractivity (Wildman–Crippen MR) is 44.4 cm³/mol. The molecular weight excluding hydrogens is 197 g/mol. The lowest BCUT2D eigenvalue weighted by Gasteiger charge is -2.21. The highest BCUT2D eigenvalue weighted by molar-refractivity contribution is 5.28. The van der Waals surface area contributed by atoms with Crippen molar-refractivity contribution in [3.05, 3.63) is 23.8 Å². The summed E-state index contributed by atoms with van der Waals surface area (Å²) in [6, 6.07) is 0. The van der Waals surface area contributed by atoms with Gasteiger partial charge in [0.2, 0.25) is 0 Å². The van der Waals surface area contributed by atoms with E-state index >= 15 is 0 Å². The molecule has 14 heavy (non-hydrogen) atoms. The maximum Gasteiger partial charge on any atom is 0.416 e. The Hall–Kier alpha value is -0.810. The van der Waals surface area contributed by atoms with Crippen LogP contribution >= 0.6 is 0 Å². The Morgan fingerprint density at radius 1 is 1.57 bits per heavy atom. The van der Waals surface area contributed by atoms with Gasteiger partial charge in [-0.3, -0.25) is 0 Å². The molecule has 1 aliphatic carbocycles. The number of aliphatic hydroxyl groups is 1. The number of allylic oxidation sites excluding steroid dienone is 3. The van der Waals surface area contributed by atoms with Gasteiger partial charge in [-0.05, 0) is 6.42 Å². The number of ether oxygens (including phenoxy) is 1. The SMILES string of the molecule is COC(O)C1C=CC(C(F)(F)F)=CC1. The van der Waals surface area contributed by atoms with Crippen molar-refractivity contribution in [3.8, 4) is 0 Å². The van der Waals surface area contributed by atoms with E-state index in [0.717, 1.165) is 12.2 Å². The zero-order chi connectivity index (χ0) is 10.8. The van der Waals surface area contributed by atoms with Crippen LogP contribution in [0.4, 0.5) is 13.2 Å². The van der Waals surface area contributed by atoms with E-state index < -0.39 is 24.0 Å². The summed E-state index contributed by atoms with van der Waals surface area (Å²) >= 11 is 0. The third-order valence-electron chi connectivity index (χ3n) is 2.07. The highest BCUT2D eigenvalue weighted by Crippen LogP contribution is 2.31. The molecule has 1 rings (SSSR count). The second-order valence-electron chi connectivity index (χ2n) is 3.04. The van der Waals surface area contributed by atoms with Gasteiger partial charge in [-0.15, -0.1) is 0 Å². The molecule has 0 fully saturated rings. The van der Waals surface area contributed by atoms with E-state index in [4.69, 9.17) is 0 Å². The molecule has 1 aliphatic rings. The van der Waals surface area contributed by atoms with Gasteiger partial charge in [0.15, 0.2) is 6.29 Å². The molecule has 0 amide bonds. The van der Waals surface area contributed by atoms with Crippen LogP contribution < -0.4 is 0 Å². The molecule has 1 N–H and O–H groups in total. The first-order valence-corrected chi connectivity index (χ1v) is 4.11. The molecule has 0 saturated carbocycles. The molecule has 0 aromatic carbocycles. The largest absolute Gasteiger partial charge is 0.416 e. The van der Waals surface area contributed by atoms with Crippen LogP contribution in [0.3, 0.4) is 0 Å². The smallest absolute Gasteiger partial charge is 0.367 e. The van der Waals surface area contributed by atoms with E-state index in [9.17, 15) is 18.3 Å². The fourth-order valence-electron chi connectivity index (χ4n) is 1.23. The van der Waals surface area contributed by atoms with Crippen LogP contribution in [-0.2, 0) is 4.74 Å². The lowest BCUT2D eigenvalue weighted by molar-refractivity contribution is -0.103. The minimum atomic E-state index is -4.31. The van der Waals surface area contributed by atoms with E-state index in [1.54, 1.807) is 0 Å². The number of hydrogen-bond donors (Lipinski definition) is 1. The standard InChI is InChI=1S/C9H11F3O2/c1-14-8(13)6-2-4-7(5-3-6)9(10,11)12/h2,4-6,8,13H,3H2,1H3. The number of hydrogen-bond acceptors (Lipinski definition) is 2. The zero-order valence-corrected chi connectivity index (χ0v) is 7.58. The molecule has 0 aliphatic heterocycles. The van der Waals surface area contributed by atoms with Crippen molar-refractivity contribution < 1.29 is 23.0 Å². The van der Waals surface area contributed by atoms with Crippen molar-refractivity contribution >= 4 is 0 Å². The topological polar surface area (TPSA) is 29.5 Å². The van der Waals surface area contributed by atoms with Gasteiger partial charge in [-0.2, -0.15) is 13.2 Å². The van der Waals surface area contributed by atoms with Crippen molar-refractivity contribution in [3.63, 3.8) is 0 Å². The van der Waals surface area contributed by atoms with Crippen LogP contribution in [0, 0.1) is 5.92 Å². The number of alkyl halides is 3. The summed E-state index contributed by atoms with van der Waals surface area (Å²) in [5, 5.41) is 9.19. The first-order chi connectivity index (χ1) is 6.45. The number of halogens is 3. The lowest BCUT2D eigenvalue weighted by Crippen LogP contribution is -2.23. The van der Waals surface area contributed by atoms with Gasteiger partial charge >= 0.3 is 6.18 Å². The van der Waals surface area contributed by atoms with Crippen LogP contribution in [0.25, 0.3) is 0 Å². The quantitative estimate of drug-likeness (QED) is 0.703. The minimum absolute atomic E-state index is 0.139. The molecule has 0 aromatic heterocycles. The average molecular weight is 208 g/mol. The van der Waals surface area contributed by atoms with Crippen molar-refractivity contribution in [2.45, 2.75) is 18.9 Å². The summed E-state index contributed by atoms with van der Waals surface area (Å²) in [4.78, 5) is 0. The minimum Gasteiger partial charge on any atom is -0.367 e. The Bertz CT molecular complexity index is 255. The Kier molecular flexibility index (Phi) is 3.34. The third kappa shape index (κ3) is 2.59. The van der Waals surface area contributed by atoms with E-state index in [0.29, 0.717) is 0 Å². The highest BCUT2D eigenvalue weighted by Gasteiger charge is 2.33. The normalized spacial score (nSPS) is 24.6. The molecule has 0 spiro atoms. The average Bonchev–Trinajstić information content (AvgIpc) is 2.15. The van der Waals surface area contributed by atoms with Gasteiger partial charge in [0.05, 0.1) is 5.57 Å². The fourth-order valence-corrected chi connectivity index (χ4v) is 1.23. The van der Waals surface area contributed by atoms with Crippen LogP contribution in [0.5, 0.6) is 0 Å². The Morgan fingerprint density at radius 3 is 2.57 bits per heavy atom. The first kappa shape index (κ1) is 11.3. The van der Waals surface area contributed by atoms with Gasteiger partial charge in [-0.25, -0.2) is 0 Å². The second kappa shape index (κ2) is 4.14. The van der Waals surface area contributed by atoms with Crippen molar-refractivity contribution in [2.75, 3.05) is 7.11 Å². The summed E-state index contributed by atoms with van der Waals surface area (Å²) in [6.45, 7) is 0. The van der Waals surface area contributed by atoms with E-state index in [1.807, 2.05) is 0 Å². The summed E-state index contributed by atoms with van der Waals surface area (Å²) < 4.78 is 41.0. The predicted octanol–water partition coefficient (Wildman–Crippen LogP) is 2.02. The maximum atomic E-state index is 12.1. The fraction of sp³-hybridized carbons (Fsp3) is 0.556. The summed E-state index contributed by atoms with van der Waals surface area (Å²) in [7, 11) is 1.31. The molecule has 2 atom stereocenters. The molecule has 0 radical (unpaired) electrons. The molecule has 80 valence electrons. The van der Waals surface area contributed by atoms with Crippen LogP contribution in [0.15, 0.2) is 23.8 Å². The van der Waals surface area contributed by atoms with Crippen molar-refractivity contribution in [1.82, 2.24) is 0 Å². The molecule has 0 heterocycles. The molecule has 2 nitrogen and oxygen atoms in total. The van der Waals surface area contributed by atoms with Crippen LogP contribution in [-0.4, -0.2) is 24.7 Å². The van der Waals surface area contributed by atoms with Gasteiger partial charge < -0.3 is 9.84 Å². The van der Waals surface area contributed by atoms with Crippen LogP contribution in [0.1, 0.15) is 6.42 Å². The highest BCUT2D eigenvalue weighted by atomic mass is 19.4. The second-order valence-corrected chi connectivity index (χ2v) is 3.04. The summed E-state index contributed by atoms with van der Waals surface area (Å²) in [5.41, 5.74) is -0.669. The molecule has 5 heteroatoms. The van der Waals surface area contributed by atoms with Gasteiger partial charge in [0.1, 0.15) is 0 Å².